The number of hydrogen-bond acceptors (Lipinski definition) is 4. The topological polar surface area (TPSA) is 81.8 Å². The van der Waals surface area contributed by atoms with Crippen LogP contribution in [0.2, 0.25) is 5.02 Å². The first-order valence-corrected chi connectivity index (χ1v) is 4.10. The standard InChI is InChI=1S/C8H6ClNO4/c9-5-3(8(11)12)1-4-7(6(5)10)14-2-13-4/h1H,2,10H2,(H,11,12). The summed E-state index contributed by atoms with van der Waals surface area (Å²) in [6.45, 7) is 0.0267. The molecule has 0 aromatic heterocycles. The second kappa shape index (κ2) is 2.95. The van der Waals surface area contributed by atoms with E-state index in [2.05, 4.69) is 0 Å². The van der Waals surface area contributed by atoms with Gasteiger partial charge in [0.1, 0.15) is 0 Å². The molecule has 0 saturated carbocycles. The van der Waals surface area contributed by atoms with E-state index in [1.54, 1.807) is 0 Å². The number of carbonyl (C=O) groups is 1. The van der Waals surface area contributed by atoms with Crippen molar-refractivity contribution in [1.82, 2.24) is 0 Å². The van der Waals surface area contributed by atoms with E-state index in [0.717, 1.165) is 0 Å². The number of halogens is 1. The summed E-state index contributed by atoms with van der Waals surface area (Å²) < 4.78 is 10.0. The molecule has 0 fully saturated rings. The van der Waals surface area contributed by atoms with Crippen molar-refractivity contribution in [3.05, 3.63) is 16.7 Å². The Hall–Kier alpha value is -1.62. The van der Waals surface area contributed by atoms with Gasteiger partial charge in [-0.15, -0.1) is 0 Å². The van der Waals surface area contributed by atoms with Crippen LogP contribution >= 0.6 is 11.6 Å². The average molecular weight is 216 g/mol. The molecule has 1 aliphatic rings. The smallest absolute Gasteiger partial charge is 0.337 e. The fourth-order valence-electron chi connectivity index (χ4n) is 1.20. The number of carboxylic acids is 1. The Morgan fingerprint density at radius 3 is 2.93 bits per heavy atom. The maximum absolute atomic E-state index is 10.7. The van der Waals surface area contributed by atoms with Crippen molar-refractivity contribution in [1.29, 1.82) is 0 Å². The predicted octanol–water partition coefficient (Wildman–Crippen LogP) is 1.35. The van der Waals surface area contributed by atoms with Gasteiger partial charge in [0, 0.05) is 6.07 Å². The first-order valence-electron chi connectivity index (χ1n) is 3.72. The predicted molar refractivity (Wildman–Crippen MR) is 48.9 cm³/mol. The number of hydrogen-bond donors (Lipinski definition) is 2. The van der Waals surface area contributed by atoms with Crippen molar-refractivity contribution in [2.24, 2.45) is 0 Å². The molecule has 14 heavy (non-hydrogen) atoms. The van der Waals surface area contributed by atoms with E-state index in [1.807, 2.05) is 0 Å². The second-order valence-corrected chi connectivity index (χ2v) is 3.07. The lowest BCUT2D eigenvalue weighted by Crippen LogP contribution is -2.00. The minimum atomic E-state index is -1.15. The van der Waals surface area contributed by atoms with Crippen LogP contribution < -0.4 is 15.2 Å². The Morgan fingerprint density at radius 2 is 2.29 bits per heavy atom. The van der Waals surface area contributed by atoms with Crippen molar-refractivity contribution in [3.8, 4) is 11.5 Å². The molecule has 5 nitrogen and oxygen atoms in total. The molecule has 0 radical (unpaired) electrons. The summed E-state index contributed by atoms with van der Waals surface area (Å²) in [5.74, 6) is -0.538. The summed E-state index contributed by atoms with van der Waals surface area (Å²) in [4.78, 5) is 10.7. The van der Waals surface area contributed by atoms with Gasteiger partial charge in [-0.25, -0.2) is 4.79 Å². The highest BCUT2D eigenvalue weighted by molar-refractivity contribution is 6.36. The molecule has 1 aliphatic heterocycles. The van der Waals surface area contributed by atoms with Gasteiger partial charge in [0.15, 0.2) is 11.5 Å². The normalized spacial score (nSPS) is 12.9. The maximum atomic E-state index is 10.7. The highest BCUT2D eigenvalue weighted by Gasteiger charge is 2.24. The van der Waals surface area contributed by atoms with Crippen molar-refractivity contribution < 1.29 is 19.4 Å². The van der Waals surface area contributed by atoms with E-state index >= 15 is 0 Å². The quantitative estimate of drug-likeness (QED) is 0.691. The lowest BCUT2D eigenvalue weighted by Gasteiger charge is -2.05. The lowest BCUT2D eigenvalue weighted by atomic mass is 10.1. The van der Waals surface area contributed by atoms with E-state index in [1.165, 1.54) is 6.07 Å². The fourth-order valence-corrected chi connectivity index (χ4v) is 1.42. The lowest BCUT2D eigenvalue weighted by molar-refractivity contribution is 0.0696. The Bertz CT molecular complexity index is 418. The minimum Gasteiger partial charge on any atom is -0.478 e. The SMILES string of the molecule is Nc1c(Cl)c(C(=O)O)cc2c1OCO2. The Labute approximate surface area is 84.0 Å². The monoisotopic (exact) mass is 215 g/mol. The first-order chi connectivity index (χ1) is 6.61. The third-order valence-corrected chi connectivity index (χ3v) is 2.27. The third kappa shape index (κ3) is 1.13. The van der Waals surface area contributed by atoms with E-state index < -0.39 is 5.97 Å². The Kier molecular flexibility index (Phi) is 1.89. The Balaban J connectivity index is 2.67. The summed E-state index contributed by atoms with van der Waals surface area (Å²) in [6, 6.07) is 1.30. The highest BCUT2D eigenvalue weighted by atomic mass is 35.5. The van der Waals surface area contributed by atoms with E-state index in [4.69, 9.17) is 31.9 Å². The van der Waals surface area contributed by atoms with E-state index in [0.29, 0.717) is 11.5 Å². The van der Waals surface area contributed by atoms with Gasteiger partial charge < -0.3 is 20.3 Å². The molecule has 1 aromatic rings. The van der Waals surface area contributed by atoms with Gasteiger partial charge in [0.25, 0.3) is 0 Å². The van der Waals surface area contributed by atoms with Gasteiger partial charge in [-0.05, 0) is 0 Å². The molecule has 3 N–H and O–H groups in total. The van der Waals surface area contributed by atoms with Crippen LogP contribution in [0.1, 0.15) is 10.4 Å². The molecule has 0 spiro atoms. The zero-order chi connectivity index (χ0) is 10.3. The zero-order valence-corrected chi connectivity index (χ0v) is 7.67. The fraction of sp³-hybridized carbons (Fsp3) is 0.125. The summed E-state index contributed by atoms with van der Waals surface area (Å²) in [5.41, 5.74) is 5.58. The van der Waals surface area contributed by atoms with Gasteiger partial charge >= 0.3 is 5.97 Å². The molecule has 74 valence electrons. The van der Waals surface area contributed by atoms with Gasteiger partial charge in [-0.2, -0.15) is 0 Å². The number of carboxylic acid groups (broad SMARTS) is 1. The van der Waals surface area contributed by atoms with Crippen LogP contribution in [-0.2, 0) is 0 Å². The van der Waals surface area contributed by atoms with Crippen LogP contribution in [0.25, 0.3) is 0 Å². The van der Waals surface area contributed by atoms with Gasteiger partial charge in [0.2, 0.25) is 6.79 Å². The van der Waals surface area contributed by atoms with Crippen molar-refractivity contribution >= 4 is 23.3 Å². The zero-order valence-electron chi connectivity index (χ0n) is 6.91. The van der Waals surface area contributed by atoms with Crippen LogP contribution in [0.5, 0.6) is 11.5 Å². The van der Waals surface area contributed by atoms with Gasteiger partial charge in [-0.1, -0.05) is 11.6 Å². The summed E-state index contributed by atoms with van der Waals surface area (Å²) in [7, 11) is 0. The van der Waals surface area contributed by atoms with Crippen LogP contribution in [0, 0.1) is 0 Å². The van der Waals surface area contributed by atoms with Crippen LogP contribution in [0.3, 0.4) is 0 Å². The van der Waals surface area contributed by atoms with Crippen molar-refractivity contribution in [2.75, 3.05) is 12.5 Å². The van der Waals surface area contributed by atoms with Gasteiger partial charge in [0.05, 0.1) is 16.3 Å². The molecule has 1 aromatic carbocycles. The average Bonchev–Trinajstić information content (AvgIpc) is 2.58. The minimum absolute atomic E-state index is 0.0262. The van der Waals surface area contributed by atoms with E-state index in [-0.39, 0.29) is 23.1 Å². The molecular formula is C8H6ClNO4. The first kappa shape index (κ1) is 8.96. The number of ether oxygens (including phenoxy) is 2. The summed E-state index contributed by atoms with van der Waals surface area (Å²) in [5, 5.41) is 8.76. The molecule has 6 heteroatoms. The molecule has 0 saturated heterocycles. The van der Waals surface area contributed by atoms with Crippen LogP contribution in [0.15, 0.2) is 6.07 Å². The molecule has 0 amide bonds. The molecular weight excluding hydrogens is 210 g/mol. The maximum Gasteiger partial charge on any atom is 0.337 e. The highest BCUT2D eigenvalue weighted by Crippen LogP contribution is 2.43. The largest absolute Gasteiger partial charge is 0.478 e. The van der Waals surface area contributed by atoms with Gasteiger partial charge in [-0.3, -0.25) is 0 Å². The molecule has 0 unspecified atom stereocenters. The summed E-state index contributed by atoms with van der Waals surface area (Å²) in [6.07, 6.45) is 0. The molecule has 0 bridgehead atoms. The number of fused-ring (bicyclic) bond motifs is 1. The molecule has 1 heterocycles. The second-order valence-electron chi connectivity index (χ2n) is 2.69. The number of aromatic carboxylic acids is 1. The number of benzene rings is 1. The third-order valence-electron chi connectivity index (χ3n) is 1.86. The van der Waals surface area contributed by atoms with Crippen molar-refractivity contribution in [3.63, 3.8) is 0 Å². The Morgan fingerprint density at radius 1 is 1.57 bits per heavy atom. The number of nitrogens with two attached hydrogens (primary N) is 1. The summed E-state index contributed by atoms with van der Waals surface area (Å²) >= 11 is 5.73. The van der Waals surface area contributed by atoms with Crippen molar-refractivity contribution in [2.45, 2.75) is 0 Å². The molecule has 2 rings (SSSR count). The van der Waals surface area contributed by atoms with E-state index in [9.17, 15) is 4.79 Å². The number of anilines is 1. The number of nitrogen functional groups attached to an aromatic ring is 1. The molecule has 0 aliphatic carbocycles. The van der Waals surface area contributed by atoms with Crippen LogP contribution in [-0.4, -0.2) is 17.9 Å². The number of rotatable bonds is 1. The van der Waals surface area contributed by atoms with Crippen LogP contribution in [0.4, 0.5) is 5.69 Å². The molecule has 0 atom stereocenters.